The molecule has 0 bridgehead atoms. The SMILES string of the molecule is Cc1ccnc(Nc2ccc(C)c(CN)c2)c1. The molecule has 0 amide bonds. The number of anilines is 2. The number of aryl methyl sites for hydroxylation is 2. The van der Waals surface area contributed by atoms with Crippen molar-refractivity contribution < 1.29 is 0 Å². The Kier molecular flexibility index (Phi) is 3.40. The lowest BCUT2D eigenvalue weighted by atomic mass is 10.1. The monoisotopic (exact) mass is 227 g/mol. The highest BCUT2D eigenvalue weighted by atomic mass is 15.0. The summed E-state index contributed by atoms with van der Waals surface area (Å²) in [4.78, 5) is 4.27. The molecule has 0 aliphatic heterocycles. The number of hydrogen-bond donors (Lipinski definition) is 2. The van der Waals surface area contributed by atoms with Gasteiger partial charge < -0.3 is 11.1 Å². The fraction of sp³-hybridized carbons (Fsp3) is 0.214. The summed E-state index contributed by atoms with van der Waals surface area (Å²) in [5.74, 6) is 0.858. The van der Waals surface area contributed by atoms with Gasteiger partial charge >= 0.3 is 0 Å². The lowest BCUT2D eigenvalue weighted by Crippen LogP contribution is -2.01. The van der Waals surface area contributed by atoms with Crippen molar-refractivity contribution in [3.63, 3.8) is 0 Å². The average Bonchev–Trinajstić information content (AvgIpc) is 2.32. The van der Waals surface area contributed by atoms with E-state index in [-0.39, 0.29) is 0 Å². The number of benzene rings is 1. The summed E-state index contributed by atoms with van der Waals surface area (Å²) in [5.41, 5.74) is 10.3. The maximum Gasteiger partial charge on any atom is 0.130 e. The molecule has 1 heterocycles. The lowest BCUT2D eigenvalue weighted by Gasteiger charge is -2.09. The van der Waals surface area contributed by atoms with E-state index >= 15 is 0 Å². The van der Waals surface area contributed by atoms with Gasteiger partial charge in [-0.25, -0.2) is 4.98 Å². The highest BCUT2D eigenvalue weighted by Gasteiger charge is 2.00. The number of pyridine rings is 1. The Hall–Kier alpha value is -1.87. The summed E-state index contributed by atoms with van der Waals surface area (Å²) in [6.07, 6.45) is 1.80. The minimum atomic E-state index is 0.558. The molecule has 0 saturated carbocycles. The fourth-order valence-electron chi connectivity index (χ4n) is 1.72. The molecule has 88 valence electrons. The second kappa shape index (κ2) is 4.97. The van der Waals surface area contributed by atoms with E-state index < -0.39 is 0 Å². The molecule has 3 nitrogen and oxygen atoms in total. The predicted octanol–water partition coefficient (Wildman–Crippen LogP) is 2.90. The van der Waals surface area contributed by atoms with Gasteiger partial charge in [-0.05, 0) is 54.8 Å². The van der Waals surface area contributed by atoms with Gasteiger partial charge in [0, 0.05) is 18.4 Å². The zero-order valence-corrected chi connectivity index (χ0v) is 10.2. The van der Waals surface area contributed by atoms with E-state index in [4.69, 9.17) is 5.73 Å². The number of nitrogens with one attached hydrogen (secondary N) is 1. The normalized spacial score (nSPS) is 10.3. The summed E-state index contributed by atoms with van der Waals surface area (Å²) in [7, 11) is 0. The molecule has 2 aromatic rings. The summed E-state index contributed by atoms with van der Waals surface area (Å²) >= 11 is 0. The average molecular weight is 227 g/mol. The van der Waals surface area contributed by atoms with Crippen LogP contribution in [0.15, 0.2) is 36.5 Å². The first kappa shape index (κ1) is 11.6. The zero-order chi connectivity index (χ0) is 12.3. The van der Waals surface area contributed by atoms with Crippen molar-refractivity contribution in [3.05, 3.63) is 53.2 Å². The summed E-state index contributed by atoms with van der Waals surface area (Å²) in [6.45, 7) is 4.67. The lowest BCUT2D eigenvalue weighted by molar-refractivity contribution is 1.05. The van der Waals surface area contributed by atoms with Crippen LogP contribution in [0.5, 0.6) is 0 Å². The van der Waals surface area contributed by atoms with E-state index in [1.807, 2.05) is 25.1 Å². The largest absolute Gasteiger partial charge is 0.340 e. The minimum absolute atomic E-state index is 0.558. The molecule has 0 radical (unpaired) electrons. The predicted molar refractivity (Wildman–Crippen MR) is 71.3 cm³/mol. The first-order valence-electron chi connectivity index (χ1n) is 5.68. The van der Waals surface area contributed by atoms with E-state index in [0.717, 1.165) is 17.1 Å². The molecule has 0 unspecified atom stereocenters. The second-order valence-corrected chi connectivity index (χ2v) is 4.19. The third kappa shape index (κ3) is 2.82. The Labute approximate surface area is 102 Å². The molecule has 3 heteroatoms. The number of aromatic nitrogens is 1. The molecular weight excluding hydrogens is 210 g/mol. The molecule has 0 spiro atoms. The van der Waals surface area contributed by atoms with Gasteiger partial charge in [-0.15, -0.1) is 0 Å². The van der Waals surface area contributed by atoms with Crippen LogP contribution in [-0.4, -0.2) is 4.98 Å². The molecule has 17 heavy (non-hydrogen) atoms. The highest BCUT2D eigenvalue weighted by Crippen LogP contribution is 2.18. The zero-order valence-electron chi connectivity index (χ0n) is 10.2. The van der Waals surface area contributed by atoms with Gasteiger partial charge in [-0.1, -0.05) is 6.07 Å². The Morgan fingerprint density at radius 3 is 2.71 bits per heavy atom. The van der Waals surface area contributed by atoms with Gasteiger partial charge in [0.1, 0.15) is 5.82 Å². The van der Waals surface area contributed by atoms with Crippen LogP contribution in [0, 0.1) is 13.8 Å². The molecule has 1 aromatic heterocycles. The highest BCUT2D eigenvalue weighted by molar-refractivity contribution is 5.58. The van der Waals surface area contributed by atoms with E-state index in [1.54, 1.807) is 6.20 Å². The van der Waals surface area contributed by atoms with Crippen molar-refractivity contribution in [3.8, 4) is 0 Å². The van der Waals surface area contributed by atoms with Gasteiger partial charge in [-0.2, -0.15) is 0 Å². The smallest absolute Gasteiger partial charge is 0.130 e. The molecule has 0 aliphatic carbocycles. The summed E-state index contributed by atoms with van der Waals surface area (Å²) < 4.78 is 0. The molecule has 0 atom stereocenters. The Balaban J connectivity index is 2.24. The van der Waals surface area contributed by atoms with E-state index in [0.29, 0.717) is 6.54 Å². The van der Waals surface area contributed by atoms with Crippen molar-refractivity contribution in [1.82, 2.24) is 4.98 Å². The van der Waals surface area contributed by atoms with E-state index in [9.17, 15) is 0 Å². The van der Waals surface area contributed by atoms with E-state index in [2.05, 4.69) is 29.4 Å². The Morgan fingerprint density at radius 1 is 1.18 bits per heavy atom. The quantitative estimate of drug-likeness (QED) is 0.847. The number of hydrogen-bond acceptors (Lipinski definition) is 3. The van der Waals surface area contributed by atoms with Crippen LogP contribution in [0.25, 0.3) is 0 Å². The molecule has 0 saturated heterocycles. The van der Waals surface area contributed by atoms with Gasteiger partial charge in [0.05, 0.1) is 0 Å². The minimum Gasteiger partial charge on any atom is -0.340 e. The van der Waals surface area contributed by atoms with E-state index in [1.165, 1.54) is 11.1 Å². The molecule has 0 fully saturated rings. The number of nitrogens with two attached hydrogens (primary N) is 1. The van der Waals surface area contributed by atoms with Crippen molar-refractivity contribution in [2.24, 2.45) is 5.73 Å². The van der Waals surface area contributed by atoms with Crippen LogP contribution in [0.1, 0.15) is 16.7 Å². The number of rotatable bonds is 3. The van der Waals surface area contributed by atoms with Gasteiger partial charge in [0.2, 0.25) is 0 Å². The van der Waals surface area contributed by atoms with Crippen molar-refractivity contribution in [2.75, 3.05) is 5.32 Å². The van der Waals surface area contributed by atoms with Crippen LogP contribution in [0.2, 0.25) is 0 Å². The van der Waals surface area contributed by atoms with Crippen LogP contribution in [-0.2, 0) is 6.54 Å². The maximum atomic E-state index is 5.69. The molecule has 0 aliphatic rings. The Morgan fingerprint density at radius 2 is 2.00 bits per heavy atom. The van der Waals surface area contributed by atoms with Gasteiger partial charge in [0.25, 0.3) is 0 Å². The number of nitrogens with zero attached hydrogens (tertiary/aromatic N) is 1. The van der Waals surface area contributed by atoms with Crippen molar-refractivity contribution in [1.29, 1.82) is 0 Å². The third-order valence-electron chi connectivity index (χ3n) is 2.76. The maximum absolute atomic E-state index is 5.69. The second-order valence-electron chi connectivity index (χ2n) is 4.19. The summed E-state index contributed by atoms with van der Waals surface area (Å²) in [5, 5.41) is 3.28. The van der Waals surface area contributed by atoms with Crippen molar-refractivity contribution in [2.45, 2.75) is 20.4 Å². The Bertz CT molecular complexity index is 521. The van der Waals surface area contributed by atoms with Crippen molar-refractivity contribution >= 4 is 11.5 Å². The molecule has 2 rings (SSSR count). The molecule has 3 N–H and O–H groups in total. The van der Waals surface area contributed by atoms with Crippen LogP contribution in [0.4, 0.5) is 11.5 Å². The first-order valence-corrected chi connectivity index (χ1v) is 5.68. The standard InChI is InChI=1S/C14H17N3/c1-10-5-6-16-14(7-10)17-13-4-3-11(2)12(8-13)9-15/h3-8H,9,15H2,1-2H3,(H,16,17). The van der Waals surface area contributed by atoms with Gasteiger partial charge in [-0.3, -0.25) is 0 Å². The first-order chi connectivity index (χ1) is 8.19. The fourth-order valence-corrected chi connectivity index (χ4v) is 1.72. The molecule has 1 aromatic carbocycles. The van der Waals surface area contributed by atoms with Crippen LogP contribution in [0.3, 0.4) is 0 Å². The summed E-state index contributed by atoms with van der Waals surface area (Å²) in [6, 6.07) is 10.2. The van der Waals surface area contributed by atoms with Crippen LogP contribution >= 0.6 is 0 Å². The van der Waals surface area contributed by atoms with Crippen LogP contribution < -0.4 is 11.1 Å². The molecular formula is C14H17N3. The third-order valence-corrected chi connectivity index (χ3v) is 2.76. The topological polar surface area (TPSA) is 50.9 Å². The van der Waals surface area contributed by atoms with Gasteiger partial charge in [0.15, 0.2) is 0 Å².